The van der Waals surface area contributed by atoms with Crippen LogP contribution in [-0.2, 0) is 4.79 Å². The second-order valence-corrected chi connectivity index (χ2v) is 6.37. The number of allylic oxidation sites excluding steroid dienone is 3. The summed E-state index contributed by atoms with van der Waals surface area (Å²) in [6.45, 7) is 5.98. The summed E-state index contributed by atoms with van der Waals surface area (Å²) in [5, 5.41) is 0. The molecule has 0 radical (unpaired) electrons. The zero-order valence-electron chi connectivity index (χ0n) is 15.0. The van der Waals surface area contributed by atoms with E-state index in [1.807, 2.05) is 6.08 Å². The number of unbranched alkanes of at least 4 members (excludes halogenated alkanes) is 11. The smallest absolute Gasteiger partial charge is 0.136 e. The summed E-state index contributed by atoms with van der Waals surface area (Å²) < 4.78 is 0. The Hall–Kier alpha value is -0.850. The Morgan fingerprint density at radius 2 is 1.36 bits per heavy atom. The van der Waals surface area contributed by atoms with Crippen molar-refractivity contribution in [2.75, 3.05) is 0 Å². The number of carbonyl (C=O) groups is 1. The molecule has 0 aliphatic rings. The Kier molecular flexibility index (Phi) is 17.5. The van der Waals surface area contributed by atoms with Crippen LogP contribution in [0.15, 0.2) is 24.8 Å². The van der Waals surface area contributed by atoms with Crippen molar-refractivity contribution in [2.24, 2.45) is 0 Å². The van der Waals surface area contributed by atoms with Gasteiger partial charge in [-0.3, -0.25) is 4.79 Å². The van der Waals surface area contributed by atoms with E-state index in [4.69, 9.17) is 0 Å². The summed E-state index contributed by atoms with van der Waals surface area (Å²) in [6, 6.07) is 0. The predicted molar refractivity (Wildman–Crippen MR) is 99.3 cm³/mol. The van der Waals surface area contributed by atoms with E-state index >= 15 is 0 Å². The van der Waals surface area contributed by atoms with Gasteiger partial charge in [0, 0.05) is 12.8 Å². The van der Waals surface area contributed by atoms with Gasteiger partial charge in [0.25, 0.3) is 0 Å². The summed E-state index contributed by atoms with van der Waals surface area (Å²) in [5.74, 6) is 0.411. The lowest BCUT2D eigenvalue weighted by Gasteiger charge is -2.01. The van der Waals surface area contributed by atoms with Crippen LogP contribution in [0.25, 0.3) is 0 Å². The molecule has 0 fully saturated rings. The molecular weight excluding hydrogens is 268 g/mol. The summed E-state index contributed by atoms with van der Waals surface area (Å²) >= 11 is 0. The van der Waals surface area contributed by atoms with E-state index in [1.54, 1.807) is 0 Å². The zero-order chi connectivity index (χ0) is 16.3. The summed E-state index contributed by atoms with van der Waals surface area (Å²) in [4.78, 5) is 11.7. The number of rotatable bonds is 17. The van der Waals surface area contributed by atoms with Gasteiger partial charge >= 0.3 is 0 Å². The number of hydrogen-bond donors (Lipinski definition) is 0. The average Bonchev–Trinajstić information content (AvgIpc) is 2.52. The second kappa shape index (κ2) is 18.2. The molecule has 0 atom stereocenters. The van der Waals surface area contributed by atoms with E-state index in [0.717, 1.165) is 25.7 Å². The molecule has 128 valence electrons. The molecule has 22 heavy (non-hydrogen) atoms. The number of Topliss-reactive ketones (excluding diaryl/α,β-unsaturated/α-hetero) is 1. The maximum Gasteiger partial charge on any atom is 0.136 e. The van der Waals surface area contributed by atoms with E-state index in [1.165, 1.54) is 64.2 Å². The van der Waals surface area contributed by atoms with Crippen LogP contribution in [0.2, 0.25) is 0 Å². The molecule has 0 saturated heterocycles. The third kappa shape index (κ3) is 17.2. The molecule has 0 aliphatic heterocycles. The molecule has 0 rings (SSSR count). The molecule has 0 spiro atoms. The molecule has 1 heteroatoms. The van der Waals surface area contributed by atoms with Crippen LogP contribution < -0.4 is 0 Å². The van der Waals surface area contributed by atoms with Crippen LogP contribution in [-0.4, -0.2) is 5.78 Å². The van der Waals surface area contributed by atoms with Crippen molar-refractivity contribution in [2.45, 2.75) is 103 Å². The Bertz CT molecular complexity index is 278. The fraction of sp³-hybridized carbons (Fsp3) is 0.762. The molecular formula is C21H38O. The first-order chi connectivity index (χ1) is 10.8. The number of hydrogen-bond acceptors (Lipinski definition) is 1. The molecule has 0 aromatic carbocycles. The molecule has 0 bridgehead atoms. The van der Waals surface area contributed by atoms with Crippen molar-refractivity contribution in [1.29, 1.82) is 0 Å². The molecule has 0 unspecified atom stereocenters. The highest BCUT2D eigenvalue weighted by Gasteiger charge is 1.99. The van der Waals surface area contributed by atoms with Crippen LogP contribution in [0.3, 0.4) is 0 Å². The minimum Gasteiger partial charge on any atom is -0.299 e. The minimum atomic E-state index is 0.411. The van der Waals surface area contributed by atoms with Gasteiger partial charge in [0.15, 0.2) is 0 Å². The second-order valence-electron chi connectivity index (χ2n) is 6.37. The zero-order valence-corrected chi connectivity index (χ0v) is 15.0. The summed E-state index contributed by atoms with van der Waals surface area (Å²) in [6.07, 6.45) is 24.0. The Labute approximate surface area is 139 Å². The van der Waals surface area contributed by atoms with Crippen LogP contribution in [0.4, 0.5) is 0 Å². The van der Waals surface area contributed by atoms with Gasteiger partial charge in [-0.05, 0) is 32.1 Å². The van der Waals surface area contributed by atoms with E-state index in [9.17, 15) is 4.79 Å². The molecule has 0 N–H and O–H groups in total. The lowest BCUT2D eigenvalue weighted by atomic mass is 10.0. The minimum absolute atomic E-state index is 0.411. The van der Waals surface area contributed by atoms with Crippen LogP contribution in [0, 0.1) is 0 Å². The predicted octanol–water partition coefficient (Wildman–Crippen LogP) is 7.17. The Morgan fingerprint density at radius 3 is 2.05 bits per heavy atom. The van der Waals surface area contributed by atoms with E-state index in [2.05, 4.69) is 25.7 Å². The van der Waals surface area contributed by atoms with Crippen molar-refractivity contribution in [3.63, 3.8) is 0 Å². The first-order valence-corrected chi connectivity index (χ1v) is 9.58. The monoisotopic (exact) mass is 306 g/mol. The quantitative estimate of drug-likeness (QED) is 0.206. The molecule has 0 aromatic heterocycles. The van der Waals surface area contributed by atoms with Crippen molar-refractivity contribution < 1.29 is 4.79 Å². The van der Waals surface area contributed by atoms with Gasteiger partial charge in [-0.25, -0.2) is 0 Å². The van der Waals surface area contributed by atoms with Gasteiger partial charge in [-0.2, -0.15) is 0 Å². The largest absolute Gasteiger partial charge is 0.299 e. The van der Waals surface area contributed by atoms with Crippen LogP contribution in [0.5, 0.6) is 0 Å². The lowest BCUT2D eigenvalue weighted by Crippen LogP contribution is -1.95. The van der Waals surface area contributed by atoms with Crippen molar-refractivity contribution >= 4 is 5.78 Å². The highest BCUT2D eigenvalue weighted by molar-refractivity contribution is 5.79. The number of carbonyl (C=O) groups excluding carboxylic acids is 1. The summed E-state index contributed by atoms with van der Waals surface area (Å²) in [7, 11) is 0. The molecule has 0 aliphatic carbocycles. The first-order valence-electron chi connectivity index (χ1n) is 9.58. The third-order valence-corrected chi connectivity index (χ3v) is 4.10. The molecule has 1 nitrogen and oxygen atoms in total. The molecule has 0 amide bonds. The Balaban J connectivity index is 3.26. The van der Waals surface area contributed by atoms with Gasteiger partial charge in [-0.1, -0.05) is 76.5 Å². The van der Waals surface area contributed by atoms with Gasteiger partial charge in [0.1, 0.15) is 5.78 Å². The highest BCUT2D eigenvalue weighted by Crippen LogP contribution is 2.10. The normalized spacial score (nSPS) is 11.1. The van der Waals surface area contributed by atoms with Crippen LogP contribution >= 0.6 is 0 Å². The lowest BCUT2D eigenvalue weighted by molar-refractivity contribution is -0.118. The fourth-order valence-corrected chi connectivity index (χ4v) is 2.62. The fourth-order valence-electron chi connectivity index (χ4n) is 2.62. The van der Waals surface area contributed by atoms with Crippen molar-refractivity contribution in [3.8, 4) is 0 Å². The molecule has 0 saturated carbocycles. The maximum absolute atomic E-state index is 11.7. The van der Waals surface area contributed by atoms with E-state index < -0.39 is 0 Å². The van der Waals surface area contributed by atoms with Gasteiger partial charge in [0.2, 0.25) is 0 Å². The molecule has 0 heterocycles. The Morgan fingerprint density at radius 1 is 0.773 bits per heavy atom. The van der Waals surface area contributed by atoms with Gasteiger partial charge in [0.05, 0.1) is 0 Å². The van der Waals surface area contributed by atoms with Crippen LogP contribution in [0.1, 0.15) is 103 Å². The average molecular weight is 307 g/mol. The van der Waals surface area contributed by atoms with Gasteiger partial charge in [-0.15, -0.1) is 6.58 Å². The SMILES string of the molecule is C=CCCCCCC=CCC(=O)CCCCCCCCCC. The topological polar surface area (TPSA) is 17.1 Å². The maximum atomic E-state index is 11.7. The van der Waals surface area contributed by atoms with Crippen molar-refractivity contribution in [1.82, 2.24) is 0 Å². The van der Waals surface area contributed by atoms with Crippen molar-refractivity contribution in [3.05, 3.63) is 24.8 Å². The first kappa shape index (κ1) is 21.1. The molecule has 0 aromatic rings. The summed E-state index contributed by atoms with van der Waals surface area (Å²) in [5.41, 5.74) is 0. The van der Waals surface area contributed by atoms with Gasteiger partial charge < -0.3 is 0 Å². The number of ketones is 1. The van der Waals surface area contributed by atoms with E-state index in [-0.39, 0.29) is 0 Å². The van der Waals surface area contributed by atoms with E-state index in [0.29, 0.717) is 12.2 Å². The standard InChI is InChI=1S/C21H38O/c1-3-5-7-9-11-13-15-17-19-21(22)20-18-16-14-12-10-8-6-4-2/h3,15,17H,1,4-14,16,18-20H2,2H3. The third-order valence-electron chi connectivity index (χ3n) is 4.10. The highest BCUT2D eigenvalue weighted by atomic mass is 16.1.